The number of nitrogens with zero attached hydrogens (tertiary/aromatic N) is 3. The van der Waals surface area contributed by atoms with Crippen LogP contribution in [0.5, 0.6) is 0 Å². The molecule has 9 heteroatoms. The molecule has 6 nitrogen and oxygen atoms in total. The van der Waals surface area contributed by atoms with Crippen LogP contribution >= 0.6 is 0 Å². The Morgan fingerprint density at radius 1 is 1.27 bits per heavy atom. The number of hydrogen-bond acceptors (Lipinski definition) is 5. The Kier molecular flexibility index (Phi) is 3.97. The molecule has 3 rings (SSSR count). The third kappa shape index (κ3) is 3.19. The molecule has 0 aliphatic carbocycles. The zero-order chi connectivity index (χ0) is 15.6. The number of hydrogen-bond donors (Lipinski definition) is 3. The smallest absolute Gasteiger partial charge is 0.350 e. The van der Waals surface area contributed by atoms with E-state index in [-0.39, 0.29) is 23.2 Å². The number of nitrogens with one attached hydrogen (secondary N) is 3. The fourth-order valence-electron chi connectivity index (χ4n) is 2.42. The number of piperidine rings is 1. The first-order chi connectivity index (χ1) is 10.5. The Hall–Kier alpha value is -2.16. The number of halogens is 3. The van der Waals surface area contributed by atoms with E-state index in [1.165, 1.54) is 12.4 Å². The lowest BCUT2D eigenvalue weighted by atomic mass is 10.1. The van der Waals surface area contributed by atoms with Crippen molar-refractivity contribution in [2.24, 2.45) is 0 Å². The second kappa shape index (κ2) is 5.91. The van der Waals surface area contributed by atoms with Crippen molar-refractivity contribution in [3.63, 3.8) is 0 Å². The molecule has 0 amide bonds. The monoisotopic (exact) mass is 312 g/mol. The summed E-state index contributed by atoms with van der Waals surface area (Å²) in [6.45, 7) is 1.69. The summed E-state index contributed by atoms with van der Waals surface area (Å²) in [6.07, 6.45) is 0.920. The maximum atomic E-state index is 13.1. The lowest BCUT2D eigenvalue weighted by molar-refractivity contribution is -0.137. The van der Waals surface area contributed by atoms with E-state index in [9.17, 15) is 13.2 Å². The van der Waals surface area contributed by atoms with Crippen molar-refractivity contribution in [2.75, 3.05) is 18.4 Å². The molecule has 0 saturated carbocycles. The maximum absolute atomic E-state index is 13.1. The van der Waals surface area contributed by atoms with Crippen LogP contribution in [0.4, 0.5) is 19.1 Å². The number of H-pyrrole nitrogens is 1. The summed E-state index contributed by atoms with van der Waals surface area (Å²) >= 11 is 0. The Balaban J connectivity index is 1.92. The Bertz CT molecular complexity index is 619. The Morgan fingerprint density at radius 2 is 2.14 bits per heavy atom. The van der Waals surface area contributed by atoms with Crippen LogP contribution in [0.2, 0.25) is 0 Å². The summed E-state index contributed by atoms with van der Waals surface area (Å²) in [4.78, 5) is 7.85. The molecule has 0 spiro atoms. The van der Waals surface area contributed by atoms with E-state index in [1.807, 2.05) is 0 Å². The molecule has 2 aromatic rings. The van der Waals surface area contributed by atoms with Gasteiger partial charge in [-0.2, -0.15) is 18.3 Å². The standard InChI is InChI=1S/C13H15F3N6/c14-13(15,16)10-7-18-12(21-9-2-1-3-17-6-9)22-11(10)8-4-19-20-5-8/h4-5,7,9,17H,1-3,6H2,(H,19,20)(H,18,21,22)/t9-/m0/s1. The molecule has 1 aliphatic heterocycles. The van der Waals surface area contributed by atoms with Gasteiger partial charge in [-0.3, -0.25) is 5.10 Å². The Labute approximate surface area is 124 Å². The molecule has 1 saturated heterocycles. The van der Waals surface area contributed by atoms with Crippen molar-refractivity contribution < 1.29 is 13.2 Å². The highest BCUT2D eigenvalue weighted by Crippen LogP contribution is 2.35. The molecule has 1 aliphatic rings. The van der Waals surface area contributed by atoms with Crippen LogP contribution in [0.15, 0.2) is 18.6 Å². The normalized spacial score (nSPS) is 19.1. The lowest BCUT2D eigenvalue weighted by Crippen LogP contribution is -2.38. The van der Waals surface area contributed by atoms with E-state index in [2.05, 4.69) is 30.8 Å². The lowest BCUT2D eigenvalue weighted by Gasteiger charge is -2.24. The van der Waals surface area contributed by atoms with Crippen LogP contribution in [-0.4, -0.2) is 39.3 Å². The summed E-state index contributed by atoms with van der Waals surface area (Å²) in [5, 5.41) is 12.5. The summed E-state index contributed by atoms with van der Waals surface area (Å²) in [6, 6.07) is 0.114. The van der Waals surface area contributed by atoms with E-state index in [4.69, 9.17) is 0 Å². The molecule has 1 atom stereocenters. The van der Waals surface area contributed by atoms with Crippen molar-refractivity contribution >= 4 is 5.95 Å². The highest BCUT2D eigenvalue weighted by molar-refractivity contribution is 5.63. The summed E-state index contributed by atoms with van der Waals surface area (Å²) in [7, 11) is 0. The fraction of sp³-hybridized carbons (Fsp3) is 0.462. The Morgan fingerprint density at radius 3 is 2.77 bits per heavy atom. The average molecular weight is 312 g/mol. The minimum Gasteiger partial charge on any atom is -0.350 e. The van der Waals surface area contributed by atoms with Crippen LogP contribution in [0.25, 0.3) is 11.3 Å². The minimum atomic E-state index is -4.52. The summed E-state index contributed by atoms with van der Waals surface area (Å²) < 4.78 is 39.3. The van der Waals surface area contributed by atoms with Crippen molar-refractivity contribution in [1.82, 2.24) is 25.5 Å². The molecular weight excluding hydrogens is 297 g/mol. The van der Waals surface area contributed by atoms with Gasteiger partial charge >= 0.3 is 6.18 Å². The highest BCUT2D eigenvalue weighted by Gasteiger charge is 2.35. The van der Waals surface area contributed by atoms with Crippen LogP contribution in [-0.2, 0) is 6.18 Å². The van der Waals surface area contributed by atoms with Crippen molar-refractivity contribution in [3.8, 4) is 11.3 Å². The van der Waals surface area contributed by atoms with Crippen LogP contribution in [0.3, 0.4) is 0 Å². The first-order valence-electron chi connectivity index (χ1n) is 6.94. The predicted molar refractivity (Wildman–Crippen MR) is 74.1 cm³/mol. The minimum absolute atomic E-state index is 0.114. The average Bonchev–Trinajstić information content (AvgIpc) is 3.01. The van der Waals surface area contributed by atoms with Crippen LogP contribution < -0.4 is 10.6 Å². The fourth-order valence-corrected chi connectivity index (χ4v) is 2.42. The maximum Gasteiger partial charge on any atom is 0.419 e. The molecule has 3 N–H and O–H groups in total. The van der Waals surface area contributed by atoms with Crippen LogP contribution in [0.1, 0.15) is 18.4 Å². The van der Waals surface area contributed by atoms with Crippen molar-refractivity contribution in [3.05, 3.63) is 24.2 Å². The molecule has 22 heavy (non-hydrogen) atoms. The van der Waals surface area contributed by atoms with E-state index in [1.54, 1.807) is 0 Å². The van der Waals surface area contributed by atoms with Gasteiger partial charge < -0.3 is 10.6 Å². The van der Waals surface area contributed by atoms with Gasteiger partial charge in [0.1, 0.15) is 5.56 Å². The molecule has 0 radical (unpaired) electrons. The molecule has 3 heterocycles. The van der Waals surface area contributed by atoms with Gasteiger partial charge in [-0.05, 0) is 19.4 Å². The van der Waals surface area contributed by atoms with E-state index < -0.39 is 11.7 Å². The number of rotatable bonds is 3. The first-order valence-corrected chi connectivity index (χ1v) is 6.94. The van der Waals surface area contributed by atoms with E-state index >= 15 is 0 Å². The number of alkyl halides is 3. The third-order valence-electron chi connectivity index (χ3n) is 3.50. The van der Waals surface area contributed by atoms with E-state index in [0.29, 0.717) is 0 Å². The van der Waals surface area contributed by atoms with Crippen molar-refractivity contribution in [1.29, 1.82) is 0 Å². The topological polar surface area (TPSA) is 78.5 Å². The molecule has 2 aromatic heterocycles. The molecule has 0 aromatic carbocycles. The summed E-state index contributed by atoms with van der Waals surface area (Å²) in [5.74, 6) is 0.193. The van der Waals surface area contributed by atoms with Gasteiger partial charge in [0.05, 0.1) is 11.9 Å². The van der Waals surface area contributed by atoms with Gasteiger partial charge in [-0.25, -0.2) is 9.97 Å². The van der Waals surface area contributed by atoms with Gasteiger partial charge in [0.2, 0.25) is 5.95 Å². The first kappa shape index (κ1) is 14.8. The number of aromatic nitrogens is 4. The zero-order valence-corrected chi connectivity index (χ0v) is 11.6. The third-order valence-corrected chi connectivity index (χ3v) is 3.50. The SMILES string of the molecule is FC(F)(F)c1cnc(N[C@H]2CCCNC2)nc1-c1cn[nH]c1. The van der Waals surface area contributed by atoms with Gasteiger partial charge in [0.25, 0.3) is 0 Å². The van der Waals surface area contributed by atoms with Gasteiger partial charge in [0, 0.05) is 30.5 Å². The highest BCUT2D eigenvalue weighted by atomic mass is 19.4. The van der Waals surface area contributed by atoms with Gasteiger partial charge in [-0.15, -0.1) is 0 Å². The van der Waals surface area contributed by atoms with Crippen LogP contribution in [0, 0.1) is 0 Å². The molecule has 0 bridgehead atoms. The summed E-state index contributed by atoms with van der Waals surface area (Å²) in [5.41, 5.74) is -0.775. The molecule has 0 unspecified atom stereocenters. The second-order valence-electron chi connectivity index (χ2n) is 5.13. The zero-order valence-electron chi connectivity index (χ0n) is 11.6. The quantitative estimate of drug-likeness (QED) is 0.808. The number of anilines is 1. The predicted octanol–water partition coefficient (Wildman–Crippen LogP) is 2.05. The van der Waals surface area contributed by atoms with Gasteiger partial charge in [-0.1, -0.05) is 0 Å². The molecular formula is C13H15F3N6. The molecule has 1 fully saturated rings. The van der Waals surface area contributed by atoms with Gasteiger partial charge in [0.15, 0.2) is 0 Å². The molecule has 118 valence electrons. The number of aromatic amines is 1. The van der Waals surface area contributed by atoms with Crippen molar-refractivity contribution in [2.45, 2.75) is 25.1 Å². The van der Waals surface area contributed by atoms with E-state index in [0.717, 1.165) is 32.1 Å². The second-order valence-corrected chi connectivity index (χ2v) is 5.13. The largest absolute Gasteiger partial charge is 0.419 e.